The van der Waals surface area contributed by atoms with Crippen molar-refractivity contribution in [3.05, 3.63) is 29.6 Å². The number of piperidine rings is 1. The van der Waals surface area contributed by atoms with Crippen LogP contribution in [0.5, 0.6) is 0 Å². The van der Waals surface area contributed by atoms with Gasteiger partial charge in [0.1, 0.15) is 18.6 Å². The summed E-state index contributed by atoms with van der Waals surface area (Å²) in [5.74, 6) is 2.04. The molecular formula is C28H43N5O7S2. The first-order valence-electron chi connectivity index (χ1n) is 14.2. The zero-order valence-corrected chi connectivity index (χ0v) is 25.5. The third-order valence-electron chi connectivity index (χ3n) is 6.55. The standard InChI is InChI=1S/C28H43N5O7S2/c34-12-2-6-25(28(40)31-24(17-36)18-37)32-27(39)16-33-10-7-21(8-11-33)30-26(38)9-15-42-20-23-5-1-4-22(29-23)19-41-14-3-13-35/h1,4-5,12-13,21,24-25,36-37H,2-3,6-11,14-20H2,(H,30,38)(H,31,40)(H,32,39). The highest BCUT2D eigenvalue weighted by molar-refractivity contribution is 7.98. The number of carbonyl (C=O) groups excluding carboxylic acids is 5. The normalized spacial score (nSPS) is 14.7. The van der Waals surface area contributed by atoms with E-state index in [1.807, 2.05) is 23.1 Å². The van der Waals surface area contributed by atoms with Crippen molar-refractivity contribution >= 4 is 53.8 Å². The summed E-state index contributed by atoms with van der Waals surface area (Å²) in [6.45, 7) is 0.420. The molecule has 1 aliphatic heterocycles. The Morgan fingerprint density at radius 1 is 0.952 bits per heavy atom. The Morgan fingerprint density at radius 2 is 1.60 bits per heavy atom. The number of aliphatic hydroxyl groups excluding tert-OH is 2. The number of aromatic nitrogens is 1. The molecule has 1 saturated heterocycles. The van der Waals surface area contributed by atoms with Gasteiger partial charge in [-0.15, -0.1) is 0 Å². The van der Waals surface area contributed by atoms with Crippen molar-refractivity contribution in [2.75, 3.05) is 44.4 Å². The predicted octanol–water partition coefficient (Wildman–Crippen LogP) is 0.0410. The first-order valence-corrected chi connectivity index (χ1v) is 16.5. The first kappa shape index (κ1) is 35.7. The van der Waals surface area contributed by atoms with Gasteiger partial charge in [0.15, 0.2) is 0 Å². The topological polar surface area (TPSA) is 178 Å². The van der Waals surface area contributed by atoms with Gasteiger partial charge in [0.25, 0.3) is 0 Å². The third-order valence-corrected chi connectivity index (χ3v) is 8.57. The molecule has 0 bridgehead atoms. The van der Waals surface area contributed by atoms with E-state index < -0.39 is 31.2 Å². The van der Waals surface area contributed by atoms with Crippen molar-refractivity contribution in [2.45, 2.75) is 68.2 Å². The van der Waals surface area contributed by atoms with E-state index in [9.17, 15) is 34.2 Å². The minimum atomic E-state index is -0.948. The number of rotatable bonds is 21. The molecule has 42 heavy (non-hydrogen) atoms. The van der Waals surface area contributed by atoms with Crippen LogP contribution < -0.4 is 16.0 Å². The molecule has 2 heterocycles. The van der Waals surface area contributed by atoms with Crippen LogP contribution in [-0.4, -0.2) is 113 Å². The number of hydrogen-bond acceptors (Lipinski definition) is 11. The lowest BCUT2D eigenvalue weighted by molar-refractivity contribution is -0.130. The molecule has 1 aromatic heterocycles. The van der Waals surface area contributed by atoms with Crippen LogP contribution >= 0.6 is 23.5 Å². The van der Waals surface area contributed by atoms with E-state index in [2.05, 4.69) is 20.9 Å². The molecule has 3 amide bonds. The summed E-state index contributed by atoms with van der Waals surface area (Å²) in [6, 6.07) is 4.19. The van der Waals surface area contributed by atoms with E-state index in [1.54, 1.807) is 23.5 Å². The molecule has 1 fully saturated rings. The fourth-order valence-electron chi connectivity index (χ4n) is 4.27. The van der Waals surface area contributed by atoms with E-state index in [0.717, 1.165) is 34.9 Å². The summed E-state index contributed by atoms with van der Waals surface area (Å²) in [5, 5.41) is 26.6. The third kappa shape index (κ3) is 14.6. The van der Waals surface area contributed by atoms with Crippen LogP contribution in [0, 0.1) is 0 Å². The maximum Gasteiger partial charge on any atom is 0.242 e. The molecule has 1 aliphatic rings. The average Bonchev–Trinajstić information content (AvgIpc) is 2.99. The molecule has 1 unspecified atom stereocenters. The Hall–Kier alpha value is -2.52. The van der Waals surface area contributed by atoms with Crippen molar-refractivity contribution in [1.29, 1.82) is 0 Å². The monoisotopic (exact) mass is 625 g/mol. The summed E-state index contributed by atoms with van der Waals surface area (Å²) in [5.41, 5.74) is 1.96. The molecule has 5 N–H and O–H groups in total. The molecule has 0 spiro atoms. The van der Waals surface area contributed by atoms with E-state index >= 15 is 0 Å². The van der Waals surface area contributed by atoms with Gasteiger partial charge in [0.2, 0.25) is 17.7 Å². The Kier molecular flexibility index (Phi) is 18.0. The number of carbonyl (C=O) groups is 5. The largest absolute Gasteiger partial charge is 0.394 e. The van der Waals surface area contributed by atoms with Crippen LogP contribution in [0.2, 0.25) is 0 Å². The van der Waals surface area contributed by atoms with Gasteiger partial charge >= 0.3 is 0 Å². The number of hydrogen-bond donors (Lipinski definition) is 5. The molecule has 0 radical (unpaired) electrons. The Labute approximate surface area is 255 Å². The van der Waals surface area contributed by atoms with Gasteiger partial charge in [-0.25, -0.2) is 0 Å². The second kappa shape index (κ2) is 21.2. The van der Waals surface area contributed by atoms with Crippen molar-refractivity contribution < 1.29 is 34.2 Å². The van der Waals surface area contributed by atoms with Gasteiger partial charge < -0.3 is 35.8 Å². The molecule has 1 atom stereocenters. The van der Waals surface area contributed by atoms with Crippen molar-refractivity contribution in [3.63, 3.8) is 0 Å². The minimum Gasteiger partial charge on any atom is -0.394 e. The van der Waals surface area contributed by atoms with Gasteiger partial charge in [-0.3, -0.25) is 24.3 Å². The van der Waals surface area contributed by atoms with Crippen LogP contribution in [0.4, 0.5) is 0 Å². The lowest BCUT2D eigenvalue weighted by Crippen LogP contribution is -2.53. The van der Waals surface area contributed by atoms with Gasteiger partial charge in [0, 0.05) is 61.4 Å². The Bertz CT molecular complexity index is 991. The molecule has 12 nitrogen and oxygen atoms in total. The average molecular weight is 626 g/mol. The number of thioether (sulfide) groups is 2. The fourth-order valence-corrected chi connectivity index (χ4v) is 5.89. The van der Waals surface area contributed by atoms with Crippen LogP contribution in [0.15, 0.2) is 18.2 Å². The van der Waals surface area contributed by atoms with Crippen molar-refractivity contribution in [1.82, 2.24) is 25.8 Å². The van der Waals surface area contributed by atoms with Crippen molar-refractivity contribution in [3.8, 4) is 0 Å². The molecular weight excluding hydrogens is 582 g/mol. The zero-order valence-electron chi connectivity index (χ0n) is 23.9. The molecule has 2 rings (SSSR count). The van der Waals surface area contributed by atoms with Gasteiger partial charge in [-0.05, 0) is 31.4 Å². The maximum absolute atomic E-state index is 12.6. The van der Waals surface area contributed by atoms with E-state index in [4.69, 9.17) is 0 Å². The maximum atomic E-state index is 12.6. The van der Waals surface area contributed by atoms with E-state index in [1.165, 1.54) is 0 Å². The highest BCUT2D eigenvalue weighted by atomic mass is 32.2. The van der Waals surface area contributed by atoms with Crippen LogP contribution in [0.1, 0.15) is 49.9 Å². The van der Waals surface area contributed by atoms with Crippen LogP contribution in [0.3, 0.4) is 0 Å². The second-order valence-corrected chi connectivity index (χ2v) is 12.2. The fraction of sp³-hybridized carbons (Fsp3) is 0.643. The number of amides is 3. The molecule has 14 heteroatoms. The summed E-state index contributed by atoms with van der Waals surface area (Å²) in [6.07, 6.45) is 4.15. The predicted molar refractivity (Wildman–Crippen MR) is 163 cm³/mol. The molecule has 0 aromatic carbocycles. The highest BCUT2D eigenvalue weighted by Gasteiger charge is 2.26. The Balaban J connectivity index is 1.65. The summed E-state index contributed by atoms with van der Waals surface area (Å²) < 4.78 is 0. The van der Waals surface area contributed by atoms with Crippen molar-refractivity contribution in [2.24, 2.45) is 0 Å². The highest BCUT2D eigenvalue weighted by Crippen LogP contribution is 2.16. The molecule has 1 aromatic rings. The van der Waals surface area contributed by atoms with Crippen LogP contribution in [0.25, 0.3) is 0 Å². The summed E-state index contributed by atoms with van der Waals surface area (Å²) in [7, 11) is 0. The van der Waals surface area contributed by atoms with Gasteiger partial charge in [0.05, 0.1) is 37.2 Å². The van der Waals surface area contributed by atoms with E-state index in [-0.39, 0.29) is 37.2 Å². The number of likely N-dealkylation sites (tertiary alicyclic amines) is 1. The van der Waals surface area contributed by atoms with Crippen LogP contribution in [-0.2, 0) is 35.5 Å². The molecule has 0 aliphatic carbocycles. The quantitative estimate of drug-likeness (QED) is 0.0921. The second-order valence-electron chi connectivity index (χ2n) is 9.98. The van der Waals surface area contributed by atoms with E-state index in [0.29, 0.717) is 50.8 Å². The number of nitrogens with one attached hydrogen (secondary N) is 3. The SMILES string of the molecule is O=CCCSCc1cccc(CSCCC(=O)NC2CCN(CC(=O)NC(CCC=O)C(=O)NC(CO)CO)CC2)n1. The number of nitrogens with zero attached hydrogens (tertiary/aromatic N) is 2. The Morgan fingerprint density at radius 3 is 2.21 bits per heavy atom. The zero-order chi connectivity index (χ0) is 30.6. The molecule has 234 valence electrons. The lowest BCUT2D eigenvalue weighted by Gasteiger charge is -2.32. The lowest BCUT2D eigenvalue weighted by atomic mass is 10.0. The number of pyridine rings is 1. The smallest absolute Gasteiger partial charge is 0.242 e. The molecule has 0 saturated carbocycles. The summed E-state index contributed by atoms with van der Waals surface area (Å²) >= 11 is 3.34. The number of aliphatic hydroxyl groups is 2. The van der Waals surface area contributed by atoms with Gasteiger partial charge in [-0.2, -0.15) is 23.5 Å². The number of aldehydes is 2. The first-order chi connectivity index (χ1) is 20.4. The summed E-state index contributed by atoms with van der Waals surface area (Å²) in [4.78, 5) is 65.3. The minimum absolute atomic E-state index is 0.0000700. The van der Waals surface area contributed by atoms with Gasteiger partial charge in [-0.1, -0.05) is 6.07 Å².